The predicted molar refractivity (Wildman–Crippen MR) is 72.5 cm³/mol. The Hall–Kier alpha value is 0.140. The molecule has 3 heteroatoms. The fraction of sp³-hybridized carbons (Fsp3) is 0.667. The molecule has 1 rings (SSSR count). The molecule has 15 heavy (non-hydrogen) atoms. The highest BCUT2D eigenvalue weighted by Crippen LogP contribution is 2.31. The molecule has 0 aliphatic heterocycles. The van der Waals surface area contributed by atoms with Crippen molar-refractivity contribution in [3.05, 3.63) is 20.8 Å². The molecule has 2 atom stereocenters. The van der Waals surface area contributed by atoms with Crippen LogP contribution in [0.25, 0.3) is 0 Å². The summed E-state index contributed by atoms with van der Waals surface area (Å²) in [7, 11) is 0. The summed E-state index contributed by atoms with van der Waals surface area (Å²) in [6, 6.07) is 2.76. The van der Waals surface area contributed by atoms with Gasteiger partial charge >= 0.3 is 0 Å². The van der Waals surface area contributed by atoms with E-state index >= 15 is 0 Å². The average Bonchev–Trinajstić information content (AvgIpc) is 2.61. The lowest BCUT2D eigenvalue weighted by atomic mass is 9.95. The molecule has 1 N–H and O–H groups in total. The number of nitrogens with one attached hydrogen (secondary N) is 1. The van der Waals surface area contributed by atoms with Crippen molar-refractivity contribution in [2.75, 3.05) is 6.54 Å². The third-order valence-electron chi connectivity index (χ3n) is 2.63. The second-order valence-corrected chi connectivity index (χ2v) is 5.83. The Morgan fingerprint density at radius 1 is 1.47 bits per heavy atom. The quantitative estimate of drug-likeness (QED) is 0.807. The molecule has 1 aromatic heterocycles. The lowest BCUT2D eigenvalue weighted by molar-refractivity contribution is 0.374. The van der Waals surface area contributed by atoms with Gasteiger partial charge in [0.1, 0.15) is 0 Å². The first-order valence-electron chi connectivity index (χ1n) is 5.66. The monoisotopic (exact) mass is 289 g/mol. The van der Waals surface area contributed by atoms with Crippen LogP contribution in [0.4, 0.5) is 0 Å². The van der Waals surface area contributed by atoms with Crippen LogP contribution < -0.4 is 5.32 Å². The Bertz CT molecular complexity index is 285. The van der Waals surface area contributed by atoms with Crippen LogP contribution in [0.2, 0.25) is 0 Å². The zero-order valence-electron chi connectivity index (χ0n) is 9.72. The van der Waals surface area contributed by atoms with E-state index in [1.165, 1.54) is 22.2 Å². The molecule has 0 saturated heterocycles. The van der Waals surface area contributed by atoms with Crippen LogP contribution in [0, 0.1) is 5.92 Å². The van der Waals surface area contributed by atoms with Crippen LogP contribution in [0.1, 0.15) is 44.5 Å². The van der Waals surface area contributed by atoms with Gasteiger partial charge in [-0.3, -0.25) is 0 Å². The van der Waals surface area contributed by atoms with E-state index in [0.29, 0.717) is 12.0 Å². The molecule has 0 aromatic carbocycles. The Balaban J connectivity index is 2.72. The molecule has 1 heterocycles. The van der Waals surface area contributed by atoms with Crippen molar-refractivity contribution in [2.24, 2.45) is 5.92 Å². The zero-order chi connectivity index (χ0) is 11.3. The minimum Gasteiger partial charge on any atom is -0.309 e. The number of halogens is 1. The highest BCUT2D eigenvalue weighted by Gasteiger charge is 2.18. The minimum atomic E-state index is 0.520. The van der Waals surface area contributed by atoms with E-state index in [9.17, 15) is 0 Å². The largest absolute Gasteiger partial charge is 0.309 e. The lowest BCUT2D eigenvalue weighted by Gasteiger charge is -2.23. The predicted octanol–water partition coefficient (Wildman–Crippen LogP) is 4.60. The SMILES string of the molecule is CCCC(C)C(NCC)c1cc(Br)cs1. The molecule has 0 radical (unpaired) electrons. The highest BCUT2D eigenvalue weighted by atomic mass is 79.9. The van der Waals surface area contributed by atoms with Crippen molar-refractivity contribution in [2.45, 2.75) is 39.7 Å². The number of hydrogen-bond acceptors (Lipinski definition) is 2. The second kappa shape index (κ2) is 6.66. The van der Waals surface area contributed by atoms with E-state index in [-0.39, 0.29) is 0 Å². The van der Waals surface area contributed by atoms with E-state index in [1.54, 1.807) is 0 Å². The van der Waals surface area contributed by atoms with Crippen molar-refractivity contribution < 1.29 is 0 Å². The van der Waals surface area contributed by atoms with Gasteiger partial charge in [-0.1, -0.05) is 27.2 Å². The van der Waals surface area contributed by atoms with Crippen LogP contribution in [0.15, 0.2) is 15.9 Å². The first kappa shape index (κ1) is 13.2. The Kier molecular flexibility index (Phi) is 5.87. The number of hydrogen-bond donors (Lipinski definition) is 1. The molecular formula is C12H20BrNS. The van der Waals surface area contributed by atoms with Gasteiger partial charge in [0.05, 0.1) is 0 Å². The summed E-state index contributed by atoms with van der Waals surface area (Å²) < 4.78 is 1.20. The van der Waals surface area contributed by atoms with Gasteiger partial charge in [0.15, 0.2) is 0 Å². The molecule has 0 bridgehead atoms. The maximum atomic E-state index is 3.59. The molecule has 0 fully saturated rings. The Morgan fingerprint density at radius 2 is 2.20 bits per heavy atom. The normalized spacial score (nSPS) is 15.2. The molecule has 2 unspecified atom stereocenters. The fourth-order valence-corrected chi connectivity index (χ4v) is 3.57. The van der Waals surface area contributed by atoms with Crippen LogP contribution in [0.3, 0.4) is 0 Å². The van der Waals surface area contributed by atoms with Gasteiger partial charge in [0, 0.05) is 20.8 Å². The molecule has 0 aliphatic rings. The van der Waals surface area contributed by atoms with Crippen molar-refractivity contribution in [3.63, 3.8) is 0 Å². The summed E-state index contributed by atoms with van der Waals surface area (Å²) in [4.78, 5) is 1.45. The summed E-state index contributed by atoms with van der Waals surface area (Å²) in [5, 5.41) is 5.75. The van der Waals surface area contributed by atoms with E-state index in [4.69, 9.17) is 0 Å². The average molecular weight is 290 g/mol. The summed E-state index contributed by atoms with van der Waals surface area (Å²) in [6.45, 7) is 7.80. The molecular weight excluding hydrogens is 270 g/mol. The molecule has 1 nitrogen and oxygen atoms in total. The van der Waals surface area contributed by atoms with E-state index in [0.717, 1.165) is 6.54 Å². The smallest absolute Gasteiger partial charge is 0.0441 e. The molecule has 0 amide bonds. The molecule has 86 valence electrons. The third kappa shape index (κ3) is 3.89. The maximum Gasteiger partial charge on any atom is 0.0441 e. The van der Waals surface area contributed by atoms with E-state index in [2.05, 4.69) is 53.5 Å². The van der Waals surface area contributed by atoms with Crippen molar-refractivity contribution in [1.82, 2.24) is 5.32 Å². The number of thiophene rings is 1. The zero-order valence-corrected chi connectivity index (χ0v) is 12.1. The molecule has 0 saturated carbocycles. The van der Waals surface area contributed by atoms with Crippen molar-refractivity contribution >= 4 is 27.3 Å². The maximum absolute atomic E-state index is 3.59. The minimum absolute atomic E-state index is 0.520. The fourth-order valence-electron chi connectivity index (χ4n) is 1.92. The third-order valence-corrected chi connectivity index (χ3v) is 4.41. The summed E-state index contributed by atoms with van der Waals surface area (Å²) in [6.07, 6.45) is 2.54. The number of rotatable bonds is 6. The summed E-state index contributed by atoms with van der Waals surface area (Å²) in [5.74, 6) is 0.709. The van der Waals surface area contributed by atoms with Crippen LogP contribution in [0.5, 0.6) is 0 Å². The van der Waals surface area contributed by atoms with Crippen molar-refractivity contribution in [3.8, 4) is 0 Å². The van der Waals surface area contributed by atoms with E-state index in [1.807, 2.05) is 11.3 Å². The standard InChI is InChI=1S/C12H20BrNS/c1-4-6-9(3)12(14-5-2)11-7-10(13)8-15-11/h7-9,12,14H,4-6H2,1-3H3. The van der Waals surface area contributed by atoms with Gasteiger partial charge in [-0.05, 0) is 40.9 Å². The highest BCUT2D eigenvalue weighted by molar-refractivity contribution is 9.10. The topological polar surface area (TPSA) is 12.0 Å². The second-order valence-electron chi connectivity index (χ2n) is 3.97. The van der Waals surface area contributed by atoms with Gasteiger partial charge in [0.2, 0.25) is 0 Å². The summed E-state index contributed by atoms with van der Waals surface area (Å²) >= 11 is 5.36. The molecule has 0 aliphatic carbocycles. The van der Waals surface area contributed by atoms with Crippen LogP contribution in [-0.4, -0.2) is 6.54 Å². The van der Waals surface area contributed by atoms with Gasteiger partial charge in [-0.15, -0.1) is 11.3 Å². The Morgan fingerprint density at radius 3 is 2.67 bits per heavy atom. The summed E-state index contributed by atoms with van der Waals surface area (Å²) in [5.41, 5.74) is 0. The van der Waals surface area contributed by atoms with Gasteiger partial charge in [0.25, 0.3) is 0 Å². The van der Waals surface area contributed by atoms with Crippen LogP contribution in [-0.2, 0) is 0 Å². The first-order valence-corrected chi connectivity index (χ1v) is 7.33. The molecule has 0 spiro atoms. The first-order chi connectivity index (χ1) is 7.19. The van der Waals surface area contributed by atoms with Crippen LogP contribution >= 0.6 is 27.3 Å². The Labute approximate surface area is 105 Å². The van der Waals surface area contributed by atoms with Gasteiger partial charge in [-0.2, -0.15) is 0 Å². The van der Waals surface area contributed by atoms with Gasteiger partial charge < -0.3 is 5.32 Å². The molecule has 1 aromatic rings. The lowest BCUT2D eigenvalue weighted by Crippen LogP contribution is -2.26. The van der Waals surface area contributed by atoms with E-state index < -0.39 is 0 Å². The van der Waals surface area contributed by atoms with Gasteiger partial charge in [-0.25, -0.2) is 0 Å². The van der Waals surface area contributed by atoms with Crippen molar-refractivity contribution in [1.29, 1.82) is 0 Å².